The summed E-state index contributed by atoms with van der Waals surface area (Å²) >= 11 is 1.60. The first-order valence-electron chi connectivity index (χ1n) is 7.46. The Morgan fingerprint density at radius 3 is 2.73 bits per heavy atom. The molecule has 1 aromatic carbocycles. The van der Waals surface area contributed by atoms with E-state index in [2.05, 4.69) is 5.32 Å². The molecule has 0 spiro atoms. The number of nitrogens with zero attached hydrogens (tertiary/aromatic N) is 1. The van der Waals surface area contributed by atoms with Gasteiger partial charge in [0, 0.05) is 25.2 Å². The van der Waals surface area contributed by atoms with E-state index in [-0.39, 0.29) is 11.8 Å². The Balaban J connectivity index is 1.84. The molecule has 2 rings (SSSR count). The predicted octanol–water partition coefficient (Wildman–Crippen LogP) is 1.54. The van der Waals surface area contributed by atoms with Crippen LogP contribution in [0, 0.1) is 0 Å². The predicted molar refractivity (Wildman–Crippen MR) is 88.9 cm³/mol. The lowest BCUT2D eigenvalue weighted by Crippen LogP contribution is -2.34. The van der Waals surface area contributed by atoms with Crippen LogP contribution in [0.2, 0.25) is 0 Å². The zero-order valence-electron chi connectivity index (χ0n) is 12.7. The molecule has 1 saturated heterocycles. The van der Waals surface area contributed by atoms with Gasteiger partial charge in [-0.15, -0.1) is 0 Å². The van der Waals surface area contributed by atoms with Crippen LogP contribution >= 0.6 is 11.8 Å². The highest BCUT2D eigenvalue weighted by Crippen LogP contribution is 2.21. The van der Waals surface area contributed by atoms with Gasteiger partial charge in [-0.25, -0.2) is 0 Å². The van der Waals surface area contributed by atoms with E-state index in [0.717, 1.165) is 30.0 Å². The van der Waals surface area contributed by atoms with Gasteiger partial charge in [0.25, 0.3) is 0 Å². The van der Waals surface area contributed by atoms with Gasteiger partial charge < -0.3 is 15.3 Å². The third-order valence-corrected chi connectivity index (χ3v) is 4.33. The molecule has 1 aliphatic heterocycles. The molecule has 1 atom stereocenters. The number of aliphatic hydroxyl groups is 1. The molecule has 0 saturated carbocycles. The molecular weight excluding hydrogens is 300 g/mol. The molecule has 5 nitrogen and oxygen atoms in total. The number of aliphatic hydroxyl groups excluding tert-OH is 1. The SMILES string of the molecule is CSCCC(O)C(=O)NCc1ccc(N2CCCC2=O)cc1. The number of benzene rings is 1. The maximum Gasteiger partial charge on any atom is 0.249 e. The fourth-order valence-corrected chi connectivity index (χ4v) is 2.84. The van der Waals surface area contributed by atoms with Crippen molar-refractivity contribution in [1.82, 2.24) is 5.32 Å². The van der Waals surface area contributed by atoms with Crippen molar-refractivity contribution in [2.45, 2.75) is 31.9 Å². The quantitative estimate of drug-likeness (QED) is 0.799. The van der Waals surface area contributed by atoms with Gasteiger partial charge in [0.05, 0.1) is 0 Å². The smallest absolute Gasteiger partial charge is 0.249 e. The lowest BCUT2D eigenvalue weighted by molar-refractivity contribution is -0.129. The summed E-state index contributed by atoms with van der Waals surface area (Å²) in [5.74, 6) is 0.582. The molecule has 0 aromatic heterocycles. The van der Waals surface area contributed by atoms with Crippen molar-refractivity contribution in [2.75, 3.05) is 23.5 Å². The summed E-state index contributed by atoms with van der Waals surface area (Å²) in [7, 11) is 0. The van der Waals surface area contributed by atoms with Crippen LogP contribution in [0.15, 0.2) is 24.3 Å². The Morgan fingerprint density at radius 2 is 2.14 bits per heavy atom. The van der Waals surface area contributed by atoms with Gasteiger partial charge in [0.15, 0.2) is 0 Å². The van der Waals surface area contributed by atoms with Gasteiger partial charge in [-0.1, -0.05) is 12.1 Å². The number of amides is 2. The Labute approximate surface area is 135 Å². The molecule has 1 aliphatic rings. The number of carbonyl (C=O) groups is 2. The van der Waals surface area contributed by atoms with E-state index in [0.29, 0.717) is 19.4 Å². The van der Waals surface area contributed by atoms with Gasteiger partial charge in [-0.2, -0.15) is 11.8 Å². The lowest BCUT2D eigenvalue weighted by Gasteiger charge is -2.16. The van der Waals surface area contributed by atoms with Crippen LogP contribution in [0.1, 0.15) is 24.8 Å². The molecule has 0 radical (unpaired) electrons. The first-order chi connectivity index (χ1) is 10.6. The normalized spacial score (nSPS) is 15.9. The molecule has 1 heterocycles. The Kier molecular flexibility index (Phi) is 6.27. The number of carbonyl (C=O) groups excluding carboxylic acids is 2. The molecule has 2 amide bonds. The first kappa shape index (κ1) is 16.8. The van der Waals surface area contributed by atoms with Crippen molar-refractivity contribution >= 4 is 29.3 Å². The minimum absolute atomic E-state index is 0.165. The van der Waals surface area contributed by atoms with Crippen LogP contribution < -0.4 is 10.2 Å². The topological polar surface area (TPSA) is 69.6 Å². The second-order valence-corrected chi connectivity index (χ2v) is 6.32. The second-order valence-electron chi connectivity index (χ2n) is 5.33. The van der Waals surface area contributed by atoms with Crippen molar-refractivity contribution in [3.05, 3.63) is 29.8 Å². The molecular formula is C16H22N2O3S. The molecule has 2 N–H and O–H groups in total. The van der Waals surface area contributed by atoms with Crippen molar-refractivity contribution < 1.29 is 14.7 Å². The van der Waals surface area contributed by atoms with Gasteiger partial charge in [-0.05, 0) is 42.5 Å². The van der Waals surface area contributed by atoms with E-state index in [1.54, 1.807) is 16.7 Å². The van der Waals surface area contributed by atoms with Gasteiger partial charge in [-0.3, -0.25) is 9.59 Å². The fraction of sp³-hybridized carbons (Fsp3) is 0.500. The zero-order valence-corrected chi connectivity index (χ0v) is 13.6. The van der Waals surface area contributed by atoms with Crippen molar-refractivity contribution in [3.8, 4) is 0 Å². The van der Waals surface area contributed by atoms with E-state index >= 15 is 0 Å². The number of nitrogens with one attached hydrogen (secondary N) is 1. The highest BCUT2D eigenvalue weighted by atomic mass is 32.2. The highest BCUT2D eigenvalue weighted by Gasteiger charge is 2.21. The van der Waals surface area contributed by atoms with Crippen LogP contribution in [0.25, 0.3) is 0 Å². The van der Waals surface area contributed by atoms with Gasteiger partial charge in [0.2, 0.25) is 11.8 Å². The Hall–Kier alpha value is -1.53. The molecule has 0 bridgehead atoms. The Morgan fingerprint density at radius 1 is 1.41 bits per heavy atom. The zero-order chi connectivity index (χ0) is 15.9. The number of hydrogen-bond donors (Lipinski definition) is 2. The summed E-state index contributed by atoms with van der Waals surface area (Å²) in [6, 6.07) is 7.59. The average Bonchev–Trinajstić information content (AvgIpc) is 2.96. The molecule has 6 heteroatoms. The van der Waals surface area contributed by atoms with Gasteiger partial charge >= 0.3 is 0 Å². The summed E-state index contributed by atoms with van der Waals surface area (Å²) in [6.45, 7) is 1.15. The number of anilines is 1. The van der Waals surface area contributed by atoms with Crippen LogP contribution in [0.3, 0.4) is 0 Å². The van der Waals surface area contributed by atoms with Crippen LogP contribution in [0.4, 0.5) is 5.69 Å². The number of rotatable bonds is 7. The van der Waals surface area contributed by atoms with E-state index in [1.807, 2.05) is 30.5 Å². The van der Waals surface area contributed by atoms with E-state index in [4.69, 9.17) is 0 Å². The van der Waals surface area contributed by atoms with Crippen LogP contribution in [-0.4, -0.2) is 41.6 Å². The number of thioether (sulfide) groups is 1. The van der Waals surface area contributed by atoms with Crippen LogP contribution in [-0.2, 0) is 16.1 Å². The van der Waals surface area contributed by atoms with Crippen molar-refractivity contribution in [2.24, 2.45) is 0 Å². The monoisotopic (exact) mass is 322 g/mol. The number of hydrogen-bond acceptors (Lipinski definition) is 4. The third kappa shape index (κ3) is 4.48. The standard InChI is InChI=1S/C16H22N2O3S/c1-22-10-8-14(19)16(21)17-11-12-4-6-13(7-5-12)18-9-2-3-15(18)20/h4-7,14,19H,2-3,8-11H2,1H3,(H,17,21). The first-order valence-corrected chi connectivity index (χ1v) is 8.85. The molecule has 120 valence electrons. The van der Waals surface area contributed by atoms with Gasteiger partial charge in [0.1, 0.15) is 6.10 Å². The molecule has 0 aliphatic carbocycles. The van der Waals surface area contributed by atoms with E-state index < -0.39 is 6.10 Å². The van der Waals surface area contributed by atoms with E-state index in [9.17, 15) is 14.7 Å². The third-order valence-electron chi connectivity index (χ3n) is 3.69. The highest BCUT2D eigenvalue weighted by molar-refractivity contribution is 7.98. The minimum Gasteiger partial charge on any atom is -0.383 e. The molecule has 1 fully saturated rings. The van der Waals surface area contributed by atoms with Crippen LogP contribution in [0.5, 0.6) is 0 Å². The summed E-state index contributed by atoms with van der Waals surface area (Å²) < 4.78 is 0. The van der Waals surface area contributed by atoms with Crippen molar-refractivity contribution in [3.63, 3.8) is 0 Å². The van der Waals surface area contributed by atoms with E-state index in [1.165, 1.54) is 0 Å². The minimum atomic E-state index is -0.950. The Bertz CT molecular complexity index is 519. The average molecular weight is 322 g/mol. The molecule has 1 unspecified atom stereocenters. The van der Waals surface area contributed by atoms with Crippen molar-refractivity contribution in [1.29, 1.82) is 0 Å². The maximum absolute atomic E-state index is 11.7. The maximum atomic E-state index is 11.7. The largest absolute Gasteiger partial charge is 0.383 e. The summed E-state index contributed by atoms with van der Waals surface area (Å²) in [5.41, 5.74) is 1.85. The summed E-state index contributed by atoms with van der Waals surface area (Å²) in [6.07, 6.45) is 2.98. The second kappa shape index (κ2) is 8.19. The summed E-state index contributed by atoms with van der Waals surface area (Å²) in [4.78, 5) is 25.2. The molecule has 1 aromatic rings. The lowest BCUT2D eigenvalue weighted by atomic mass is 10.2. The molecule has 22 heavy (non-hydrogen) atoms. The summed E-state index contributed by atoms with van der Waals surface area (Å²) in [5, 5.41) is 12.4. The fourth-order valence-electron chi connectivity index (χ4n) is 2.38.